The largest absolute Gasteiger partial charge is 0.387 e. The summed E-state index contributed by atoms with van der Waals surface area (Å²) in [4.78, 5) is 15.0. The second-order valence-electron chi connectivity index (χ2n) is 7.30. The van der Waals surface area contributed by atoms with Gasteiger partial charge in [-0.2, -0.15) is 13.1 Å². The molecule has 0 spiro atoms. The number of aliphatic hydroxyl groups is 2. The molecule has 0 aliphatic carbocycles. The summed E-state index contributed by atoms with van der Waals surface area (Å²) in [6.45, 7) is 4.24. The number of hydrogen-bond acceptors (Lipinski definition) is 11. The van der Waals surface area contributed by atoms with Crippen molar-refractivity contribution in [1.82, 2.24) is 29.1 Å². The van der Waals surface area contributed by atoms with E-state index < -0.39 is 41.4 Å². The lowest BCUT2D eigenvalue weighted by molar-refractivity contribution is -0.0331. The molecule has 0 aromatic carbocycles. The molecule has 2 aliphatic rings. The van der Waals surface area contributed by atoms with E-state index in [0.29, 0.717) is 23.5 Å². The molecule has 2 fully saturated rings. The average molecular weight is 459 g/mol. The zero-order valence-corrected chi connectivity index (χ0v) is 17.3. The topological polar surface area (TPSA) is 184 Å². The van der Waals surface area contributed by atoms with Gasteiger partial charge in [0, 0.05) is 32.7 Å². The molecule has 0 radical (unpaired) electrons. The number of fused-ring (bicyclic) bond motifs is 1. The van der Waals surface area contributed by atoms with E-state index in [1.165, 1.54) is 17.2 Å². The van der Waals surface area contributed by atoms with Crippen molar-refractivity contribution in [3.63, 3.8) is 0 Å². The van der Waals surface area contributed by atoms with Gasteiger partial charge in [-0.25, -0.2) is 15.0 Å². The van der Waals surface area contributed by atoms with Crippen molar-refractivity contribution in [2.75, 3.05) is 51.3 Å². The Morgan fingerprint density at radius 1 is 1.16 bits per heavy atom. The van der Waals surface area contributed by atoms with Crippen LogP contribution in [-0.4, -0.2) is 112 Å². The first kappa shape index (κ1) is 22.2. The minimum atomic E-state index is -4.46. The Kier molecular flexibility index (Phi) is 6.63. The van der Waals surface area contributed by atoms with Crippen molar-refractivity contribution < 1.29 is 32.7 Å². The van der Waals surface area contributed by atoms with Crippen LogP contribution >= 0.6 is 0 Å². The van der Waals surface area contributed by atoms with E-state index in [1.807, 2.05) is 4.72 Å². The number of nitrogens with zero attached hydrogens (tertiary/aromatic N) is 5. The van der Waals surface area contributed by atoms with E-state index in [1.54, 1.807) is 0 Å². The smallest absolute Gasteiger partial charge is 0.333 e. The van der Waals surface area contributed by atoms with E-state index in [2.05, 4.69) is 25.2 Å². The van der Waals surface area contributed by atoms with Crippen LogP contribution in [0, 0.1) is 0 Å². The van der Waals surface area contributed by atoms with Crippen LogP contribution in [0.1, 0.15) is 6.23 Å². The molecule has 2 aromatic rings. The molecule has 2 aliphatic heterocycles. The maximum Gasteiger partial charge on any atom is 0.333 e. The lowest BCUT2D eigenvalue weighted by Crippen LogP contribution is -2.39. The number of hydrogen-bond donors (Lipinski definition) is 5. The number of imidazole rings is 1. The third-order valence-corrected chi connectivity index (χ3v) is 5.79. The van der Waals surface area contributed by atoms with Gasteiger partial charge in [-0.1, -0.05) is 0 Å². The van der Waals surface area contributed by atoms with Crippen LogP contribution in [0.15, 0.2) is 12.7 Å². The van der Waals surface area contributed by atoms with E-state index in [9.17, 15) is 18.6 Å². The fraction of sp³-hybridized carbons (Fsp3) is 0.688. The third kappa shape index (κ3) is 5.09. The van der Waals surface area contributed by atoms with Crippen LogP contribution in [0.5, 0.6) is 0 Å². The first-order valence-electron chi connectivity index (χ1n) is 9.78. The number of aliphatic hydroxyl groups excluding tert-OH is 2. The first-order chi connectivity index (χ1) is 14.8. The van der Waals surface area contributed by atoms with Gasteiger partial charge in [0.25, 0.3) is 0 Å². The number of rotatable bonds is 8. The van der Waals surface area contributed by atoms with Crippen molar-refractivity contribution in [1.29, 1.82) is 0 Å². The molecule has 0 bridgehead atoms. The summed E-state index contributed by atoms with van der Waals surface area (Å²) in [6.07, 6.45) is -2.11. The molecule has 5 N–H and O–H groups in total. The zero-order chi connectivity index (χ0) is 22.0. The lowest BCUT2D eigenvalue weighted by Gasteiger charge is -2.26. The molecule has 0 unspecified atom stereocenters. The maximum absolute atomic E-state index is 10.9. The highest BCUT2D eigenvalue weighted by Crippen LogP contribution is 2.32. The Morgan fingerprint density at radius 3 is 2.68 bits per heavy atom. The fourth-order valence-electron chi connectivity index (χ4n) is 3.64. The monoisotopic (exact) mass is 459 g/mol. The number of aromatic nitrogens is 4. The SMILES string of the molecule is O=S(=O)(O)NC[C@H]1O[C@@H](n2cnc3c(NCCN4CCOCC4)ncnc32)[C@H](O)[C@@H]1O. The molecule has 0 amide bonds. The number of morpholine rings is 1. The van der Waals surface area contributed by atoms with Crippen LogP contribution in [-0.2, 0) is 19.8 Å². The van der Waals surface area contributed by atoms with E-state index in [-0.39, 0.29) is 0 Å². The van der Waals surface area contributed by atoms with Crippen LogP contribution in [0.2, 0.25) is 0 Å². The molecule has 2 saturated heterocycles. The Labute approximate surface area is 178 Å². The maximum atomic E-state index is 10.9. The Morgan fingerprint density at radius 2 is 1.94 bits per heavy atom. The van der Waals surface area contributed by atoms with Gasteiger partial charge < -0.3 is 25.0 Å². The molecule has 2 aromatic heterocycles. The predicted molar refractivity (Wildman–Crippen MR) is 107 cm³/mol. The zero-order valence-electron chi connectivity index (χ0n) is 16.5. The highest BCUT2D eigenvalue weighted by molar-refractivity contribution is 7.83. The molecule has 0 saturated carbocycles. The van der Waals surface area contributed by atoms with Gasteiger partial charge >= 0.3 is 10.3 Å². The molecule has 4 heterocycles. The van der Waals surface area contributed by atoms with E-state index in [0.717, 1.165) is 32.8 Å². The fourth-order valence-corrected chi connectivity index (χ4v) is 4.01. The normalized spacial score (nSPS) is 27.7. The number of ether oxygens (including phenoxy) is 2. The summed E-state index contributed by atoms with van der Waals surface area (Å²) < 4.78 is 44.8. The molecule has 31 heavy (non-hydrogen) atoms. The summed E-state index contributed by atoms with van der Waals surface area (Å²) in [5.74, 6) is 0.523. The van der Waals surface area contributed by atoms with E-state index in [4.69, 9.17) is 14.0 Å². The second kappa shape index (κ2) is 9.25. The second-order valence-corrected chi connectivity index (χ2v) is 8.54. The molecule has 4 rings (SSSR count). The van der Waals surface area contributed by atoms with Crippen LogP contribution < -0.4 is 10.0 Å². The summed E-state index contributed by atoms with van der Waals surface area (Å²) in [5.41, 5.74) is 0.845. The van der Waals surface area contributed by atoms with Crippen molar-refractivity contribution >= 4 is 27.3 Å². The van der Waals surface area contributed by atoms with Crippen molar-refractivity contribution in [2.24, 2.45) is 0 Å². The lowest BCUT2D eigenvalue weighted by atomic mass is 10.1. The number of anilines is 1. The van der Waals surface area contributed by atoms with Crippen LogP contribution in [0.25, 0.3) is 11.2 Å². The predicted octanol–water partition coefficient (Wildman–Crippen LogP) is -2.42. The highest BCUT2D eigenvalue weighted by Gasteiger charge is 2.44. The van der Waals surface area contributed by atoms with Crippen molar-refractivity contribution in [3.8, 4) is 0 Å². The Balaban J connectivity index is 1.45. The minimum Gasteiger partial charge on any atom is -0.387 e. The molecular weight excluding hydrogens is 434 g/mol. The molecule has 4 atom stereocenters. The molecule has 15 heteroatoms. The van der Waals surface area contributed by atoms with Gasteiger partial charge in [0.2, 0.25) is 0 Å². The average Bonchev–Trinajstić information content (AvgIpc) is 3.29. The van der Waals surface area contributed by atoms with Gasteiger partial charge in [0.15, 0.2) is 23.2 Å². The van der Waals surface area contributed by atoms with Gasteiger partial charge in [0.1, 0.15) is 24.6 Å². The molecule has 172 valence electrons. The number of nitrogens with one attached hydrogen (secondary N) is 2. The van der Waals surface area contributed by atoms with Gasteiger partial charge in [-0.05, 0) is 0 Å². The molecular formula is C16H25N7O7S. The quantitative estimate of drug-likeness (QED) is 0.264. The van der Waals surface area contributed by atoms with E-state index >= 15 is 0 Å². The summed E-state index contributed by atoms with van der Waals surface area (Å²) in [5, 5.41) is 23.8. The first-order valence-corrected chi connectivity index (χ1v) is 11.2. The van der Waals surface area contributed by atoms with Crippen LogP contribution in [0.4, 0.5) is 5.82 Å². The van der Waals surface area contributed by atoms with Gasteiger partial charge in [0.05, 0.1) is 19.5 Å². The standard InChI is InChI=1S/C16H25N7O7S/c24-12-10(7-21-31(26,27)28)30-16(13(12)25)23-9-20-11-14(18-8-19-15(11)23)17-1-2-22-3-5-29-6-4-22/h8-10,12-13,16,21,24-25H,1-7H2,(H,17,18,19)(H,26,27,28)/t10-,12-,13-,16-/m1/s1. The van der Waals surface area contributed by atoms with Gasteiger partial charge in [-0.15, -0.1) is 0 Å². The van der Waals surface area contributed by atoms with Gasteiger partial charge in [-0.3, -0.25) is 14.0 Å². The highest BCUT2D eigenvalue weighted by atomic mass is 32.2. The Bertz CT molecular complexity index is 997. The van der Waals surface area contributed by atoms with Crippen molar-refractivity contribution in [2.45, 2.75) is 24.5 Å². The Hall–Kier alpha value is -1.98. The summed E-state index contributed by atoms with van der Waals surface area (Å²) in [6, 6.07) is 0. The van der Waals surface area contributed by atoms with Crippen molar-refractivity contribution in [3.05, 3.63) is 12.7 Å². The molecule has 14 nitrogen and oxygen atoms in total. The third-order valence-electron chi connectivity index (χ3n) is 5.26. The summed E-state index contributed by atoms with van der Waals surface area (Å²) in [7, 11) is -4.46. The van der Waals surface area contributed by atoms with Crippen LogP contribution in [0.3, 0.4) is 0 Å². The summed E-state index contributed by atoms with van der Waals surface area (Å²) >= 11 is 0. The minimum absolute atomic E-state index is 0.378.